The number of anilines is 2. The predicted octanol–water partition coefficient (Wildman–Crippen LogP) is 2.22. The summed E-state index contributed by atoms with van der Waals surface area (Å²) in [6.07, 6.45) is 5.54. The maximum Gasteiger partial charge on any atom is 0.226 e. The number of hydrogen-bond acceptors (Lipinski definition) is 6. The van der Waals surface area contributed by atoms with Gasteiger partial charge in [0.2, 0.25) is 5.91 Å². The van der Waals surface area contributed by atoms with Gasteiger partial charge in [0, 0.05) is 12.3 Å². The van der Waals surface area contributed by atoms with E-state index < -0.39 is 0 Å². The lowest BCUT2D eigenvalue weighted by molar-refractivity contribution is -0.116. The first-order valence-electron chi connectivity index (χ1n) is 6.92. The highest BCUT2D eigenvalue weighted by Gasteiger charge is 2.30. The molecule has 1 aliphatic rings. The number of aromatic nitrogens is 1. The minimum atomic E-state index is -0.107. The first-order chi connectivity index (χ1) is 11.1. The SMILES string of the molecule is C#CCOc1ccc([C@@H]2CC(=O)Nc3nc(N)sc32)cc1OC. The van der Waals surface area contributed by atoms with Crippen LogP contribution in [0.3, 0.4) is 0 Å². The van der Waals surface area contributed by atoms with Gasteiger partial charge in [-0.15, -0.1) is 6.42 Å². The van der Waals surface area contributed by atoms with Crippen molar-refractivity contribution in [3.8, 4) is 23.8 Å². The van der Waals surface area contributed by atoms with Gasteiger partial charge in [0.15, 0.2) is 16.6 Å². The smallest absolute Gasteiger partial charge is 0.226 e. The van der Waals surface area contributed by atoms with Crippen molar-refractivity contribution in [2.45, 2.75) is 12.3 Å². The first-order valence-corrected chi connectivity index (χ1v) is 7.74. The number of amides is 1. The fraction of sp³-hybridized carbons (Fsp3) is 0.250. The minimum absolute atomic E-state index is 0.0839. The minimum Gasteiger partial charge on any atom is -0.493 e. The summed E-state index contributed by atoms with van der Waals surface area (Å²) in [6.45, 7) is 0.164. The van der Waals surface area contributed by atoms with Crippen molar-refractivity contribution in [1.29, 1.82) is 0 Å². The first kappa shape index (κ1) is 15.2. The number of terminal acetylenes is 1. The van der Waals surface area contributed by atoms with Crippen LogP contribution in [0.15, 0.2) is 18.2 Å². The van der Waals surface area contributed by atoms with Crippen LogP contribution < -0.4 is 20.5 Å². The zero-order chi connectivity index (χ0) is 16.4. The number of rotatable bonds is 4. The molecule has 2 aromatic rings. The standard InChI is InChI=1S/C16H15N3O3S/c1-3-6-22-11-5-4-9(7-12(11)21-2)10-8-13(20)18-15-14(10)23-16(17)19-15/h1,4-5,7,10H,6,8H2,2H3,(H2,17,19)(H,18,20)/t10-/m0/s1. The topological polar surface area (TPSA) is 86.5 Å². The third kappa shape index (κ3) is 2.94. The second kappa shape index (κ2) is 6.18. The second-order valence-corrected chi connectivity index (χ2v) is 6.04. The molecule has 0 aliphatic carbocycles. The summed E-state index contributed by atoms with van der Waals surface area (Å²) in [5.74, 6) is 3.91. The molecule has 23 heavy (non-hydrogen) atoms. The number of hydrogen-bond donors (Lipinski definition) is 2. The number of thiazole rings is 1. The Labute approximate surface area is 137 Å². The van der Waals surface area contributed by atoms with E-state index in [0.717, 1.165) is 10.4 Å². The van der Waals surface area contributed by atoms with Crippen molar-refractivity contribution >= 4 is 28.2 Å². The summed E-state index contributed by atoms with van der Waals surface area (Å²) in [4.78, 5) is 17.0. The largest absolute Gasteiger partial charge is 0.493 e. The summed E-state index contributed by atoms with van der Waals surface area (Å²) in [6, 6.07) is 5.55. The average Bonchev–Trinajstić information content (AvgIpc) is 2.91. The molecule has 1 aromatic carbocycles. The van der Waals surface area contributed by atoms with Crippen LogP contribution in [0.5, 0.6) is 11.5 Å². The molecule has 0 spiro atoms. The quantitative estimate of drug-likeness (QED) is 0.840. The highest BCUT2D eigenvalue weighted by atomic mass is 32.1. The Hall–Kier alpha value is -2.72. The van der Waals surface area contributed by atoms with Crippen molar-refractivity contribution in [2.75, 3.05) is 24.8 Å². The highest BCUT2D eigenvalue weighted by Crippen LogP contribution is 2.43. The lowest BCUT2D eigenvalue weighted by Gasteiger charge is -2.22. The molecule has 7 heteroatoms. The molecule has 0 fully saturated rings. The number of nitrogens with one attached hydrogen (secondary N) is 1. The molecule has 1 atom stereocenters. The van der Waals surface area contributed by atoms with Gasteiger partial charge in [-0.3, -0.25) is 4.79 Å². The van der Waals surface area contributed by atoms with Gasteiger partial charge in [-0.1, -0.05) is 23.3 Å². The lowest BCUT2D eigenvalue weighted by Crippen LogP contribution is -2.22. The molecule has 0 bridgehead atoms. The average molecular weight is 329 g/mol. The Morgan fingerprint density at radius 3 is 3.09 bits per heavy atom. The second-order valence-electron chi connectivity index (χ2n) is 4.97. The number of carbonyl (C=O) groups excluding carboxylic acids is 1. The molecule has 0 radical (unpaired) electrons. The summed E-state index contributed by atoms with van der Waals surface area (Å²) in [5.41, 5.74) is 6.71. The fourth-order valence-corrected chi connectivity index (χ4v) is 3.46. The number of benzene rings is 1. The number of nitrogen functional groups attached to an aromatic ring is 1. The van der Waals surface area contributed by atoms with Crippen molar-refractivity contribution in [3.63, 3.8) is 0 Å². The predicted molar refractivity (Wildman–Crippen MR) is 88.9 cm³/mol. The van der Waals surface area contributed by atoms with Crippen LogP contribution >= 0.6 is 11.3 Å². The number of nitrogens with two attached hydrogens (primary N) is 1. The lowest BCUT2D eigenvalue weighted by atomic mass is 9.91. The molecule has 0 saturated carbocycles. The molecule has 1 aliphatic heterocycles. The molecule has 6 nitrogen and oxygen atoms in total. The highest BCUT2D eigenvalue weighted by molar-refractivity contribution is 7.16. The van der Waals surface area contributed by atoms with Crippen LogP contribution in [0.25, 0.3) is 0 Å². The molecular weight excluding hydrogens is 314 g/mol. The Bertz CT molecular complexity index is 794. The van der Waals surface area contributed by atoms with Gasteiger partial charge in [0.1, 0.15) is 12.4 Å². The normalized spacial score (nSPS) is 16.2. The maximum absolute atomic E-state index is 11.9. The van der Waals surface area contributed by atoms with E-state index >= 15 is 0 Å². The van der Waals surface area contributed by atoms with Crippen molar-refractivity contribution in [2.24, 2.45) is 0 Å². The van der Waals surface area contributed by atoms with Crippen LogP contribution in [-0.2, 0) is 4.79 Å². The van der Waals surface area contributed by atoms with Crippen molar-refractivity contribution in [3.05, 3.63) is 28.6 Å². The zero-order valence-electron chi connectivity index (χ0n) is 12.5. The summed E-state index contributed by atoms with van der Waals surface area (Å²) >= 11 is 1.38. The third-order valence-corrected chi connectivity index (χ3v) is 4.53. The van der Waals surface area contributed by atoms with E-state index in [2.05, 4.69) is 16.2 Å². The molecule has 118 valence electrons. The van der Waals surface area contributed by atoms with Crippen LogP contribution in [0.4, 0.5) is 10.9 Å². The molecule has 3 rings (SSSR count). The number of nitrogens with zero attached hydrogens (tertiary/aromatic N) is 1. The van der Waals surface area contributed by atoms with Gasteiger partial charge in [-0.2, -0.15) is 0 Å². The van der Waals surface area contributed by atoms with Crippen LogP contribution in [0.2, 0.25) is 0 Å². The molecule has 1 aromatic heterocycles. The number of carbonyl (C=O) groups is 1. The Morgan fingerprint density at radius 2 is 2.35 bits per heavy atom. The van der Waals surface area contributed by atoms with Gasteiger partial charge in [0.05, 0.1) is 12.0 Å². The molecule has 2 heterocycles. The molecule has 0 unspecified atom stereocenters. The van der Waals surface area contributed by atoms with Crippen LogP contribution in [-0.4, -0.2) is 24.6 Å². The van der Waals surface area contributed by atoms with Crippen molar-refractivity contribution in [1.82, 2.24) is 4.98 Å². The maximum atomic E-state index is 11.9. The third-order valence-electron chi connectivity index (χ3n) is 3.53. The summed E-state index contributed by atoms with van der Waals surface area (Å²) in [7, 11) is 1.56. The van der Waals surface area contributed by atoms with E-state index in [0.29, 0.717) is 28.9 Å². The molecule has 3 N–H and O–H groups in total. The van der Waals surface area contributed by atoms with Gasteiger partial charge in [-0.25, -0.2) is 4.98 Å². The molecule has 1 amide bonds. The van der Waals surface area contributed by atoms with E-state index in [4.69, 9.17) is 21.6 Å². The van der Waals surface area contributed by atoms with E-state index in [-0.39, 0.29) is 18.4 Å². The van der Waals surface area contributed by atoms with E-state index in [1.54, 1.807) is 13.2 Å². The van der Waals surface area contributed by atoms with Gasteiger partial charge >= 0.3 is 0 Å². The van der Waals surface area contributed by atoms with E-state index in [9.17, 15) is 4.79 Å². The van der Waals surface area contributed by atoms with E-state index in [1.165, 1.54) is 11.3 Å². The molecular formula is C16H15N3O3S. The zero-order valence-corrected chi connectivity index (χ0v) is 13.3. The monoisotopic (exact) mass is 329 g/mol. The molecule has 0 saturated heterocycles. The Morgan fingerprint density at radius 1 is 1.52 bits per heavy atom. The van der Waals surface area contributed by atoms with Crippen LogP contribution in [0.1, 0.15) is 22.8 Å². The van der Waals surface area contributed by atoms with Gasteiger partial charge in [0.25, 0.3) is 0 Å². The number of fused-ring (bicyclic) bond motifs is 1. The van der Waals surface area contributed by atoms with E-state index in [1.807, 2.05) is 12.1 Å². The number of ether oxygens (including phenoxy) is 2. The van der Waals surface area contributed by atoms with Crippen LogP contribution in [0, 0.1) is 12.3 Å². The van der Waals surface area contributed by atoms with Gasteiger partial charge < -0.3 is 20.5 Å². The summed E-state index contributed by atoms with van der Waals surface area (Å²) in [5, 5.41) is 3.18. The van der Waals surface area contributed by atoms with Crippen molar-refractivity contribution < 1.29 is 14.3 Å². The summed E-state index contributed by atoms with van der Waals surface area (Å²) < 4.78 is 10.8. The number of methoxy groups -OCH3 is 1. The fourth-order valence-electron chi connectivity index (χ4n) is 2.54. The van der Waals surface area contributed by atoms with Gasteiger partial charge in [-0.05, 0) is 17.7 Å². The Kier molecular flexibility index (Phi) is 4.08. The Balaban J connectivity index is 1.98.